The van der Waals surface area contributed by atoms with Gasteiger partial charge in [-0.05, 0) is 35.9 Å². The van der Waals surface area contributed by atoms with E-state index >= 15 is 0 Å². The number of carbonyl (C=O) groups excluding carboxylic acids is 1. The van der Waals surface area contributed by atoms with Crippen LogP contribution in [0.25, 0.3) is 0 Å². The number of anilines is 1. The molecule has 1 heterocycles. The molecule has 0 unspecified atom stereocenters. The molecule has 132 valence electrons. The van der Waals surface area contributed by atoms with Gasteiger partial charge in [-0.1, -0.05) is 29.8 Å². The number of nitrogens with zero attached hydrogens (tertiary/aromatic N) is 1. The number of methoxy groups -OCH3 is 1. The minimum Gasteiger partial charge on any atom is -0.497 e. The Morgan fingerprint density at radius 3 is 2.69 bits per heavy atom. The Bertz CT molecular complexity index is 998. The van der Waals surface area contributed by atoms with E-state index in [1.807, 2.05) is 12.1 Å². The van der Waals surface area contributed by atoms with Crippen molar-refractivity contribution in [1.29, 1.82) is 0 Å². The summed E-state index contributed by atoms with van der Waals surface area (Å²) in [6.07, 6.45) is 1.54. The maximum atomic E-state index is 12.5. The molecule has 2 aromatic carbocycles. The molecule has 0 fully saturated rings. The summed E-state index contributed by atoms with van der Waals surface area (Å²) in [4.78, 5) is 24.6. The van der Waals surface area contributed by atoms with Crippen LogP contribution in [-0.4, -0.2) is 17.6 Å². The fourth-order valence-corrected chi connectivity index (χ4v) is 2.74. The molecule has 1 aromatic heterocycles. The molecule has 0 spiro atoms. The molecule has 26 heavy (non-hydrogen) atoms. The minimum atomic E-state index is -0.307. The highest BCUT2D eigenvalue weighted by Crippen LogP contribution is 2.17. The summed E-state index contributed by atoms with van der Waals surface area (Å²) in [6, 6.07) is 17.2. The van der Waals surface area contributed by atoms with Gasteiger partial charge in [-0.15, -0.1) is 0 Å². The zero-order chi connectivity index (χ0) is 18.5. The molecule has 5 nitrogen and oxygen atoms in total. The summed E-state index contributed by atoms with van der Waals surface area (Å²) in [5, 5.41) is 3.40. The Hall–Kier alpha value is -3.05. The van der Waals surface area contributed by atoms with Crippen molar-refractivity contribution in [2.24, 2.45) is 0 Å². The average molecular weight is 369 g/mol. The molecule has 0 aliphatic heterocycles. The van der Waals surface area contributed by atoms with Crippen LogP contribution in [-0.2, 0) is 6.54 Å². The quantitative estimate of drug-likeness (QED) is 0.745. The number of benzene rings is 2. The first kappa shape index (κ1) is 17.8. The van der Waals surface area contributed by atoms with E-state index in [-0.39, 0.29) is 11.5 Å². The Morgan fingerprint density at radius 2 is 1.92 bits per heavy atom. The van der Waals surface area contributed by atoms with Gasteiger partial charge in [0.2, 0.25) is 0 Å². The highest BCUT2D eigenvalue weighted by molar-refractivity contribution is 6.30. The molecule has 0 saturated carbocycles. The van der Waals surface area contributed by atoms with Crippen LogP contribution in [0.4, 0.5) is 5.69 Å². The van der Waals surface area contributed by atoms with Crippen molar-refractivity contribution < 1.29 is 9.53 Å². The maximum absolute atomic E-state index is 12.5. The van der Waals surface area contributed by atoms with Crippen molar-refractivity contribution in [2.45, 2.75) is 6.54 Å². The number of amides is 1. The van der Waals surface area contributed by atoms with E-state index < -0.39 is 0 Å². The Labute approximate surface area is 155 Å². The lowest BCUT2D eigenvalue weighted by atomic mass is 10.2. The number of halogens is 1. The van der Waals surface area contributed by atoms with Crippen LogP contribution in [0.1, 0.15) is 15.9 Å². The predicted octanol–water partition coefficient (Wildman–Crippen LogP) is 3.81. The van der Waals surface area contributed by atoms with E-state index in [2.05, 4.69) is 5.32 Å². The van der Waals surface area contributed by atoms with Crippen LogP contribution in [0.5, 0.6) is 5.75 Å². The molecule has 6 heteroatoms. The van der Waals surface area contributed by atoms with Crippen LogP contribution >= 0.6 is 11.6 Å². The third-order valence-electron chi connectivity index (χ3n) is 3.82. The molecule has 0 atom stereocenters. The molecule has 1 amide bonds. The van der Waals surface area contributed by atoms with Gasteiger partial charge in [0.1, 0.15) is 5.75 Å². The summed E-state index contributed by atoms with van der Waals surface area (Å²) in [7, 11) is 1.56. The zero-order valence-corrected chi connectivity index (χ0v) is 14.9. The molecule has 0 saturated heterocycles. The maximum Gasteiger partial charge on any atom is 0.257 e. The van der Waals surface area contributed by atoms with E-state index in [4.69, 9.17) is 16.3 Å². The number of hydrogen-bond donors (Lipinski definition) is 1. The molecular formula is C20H17ClN2O3. The van der Waals surface area contributed by atoms with E-state index in [9.17, 15) is 9.59 Å². The fraction of sp³-hybridized carbons (Fsp3) is 0.100. The SMILES string of the molecule is COc1cccc(NC(=O)c2ccc(=O)n(Cc3cccc(Cl)c3)c2)c1. The summed E-state index contributed by atoms with van der Waals surface area (Å²) >= 11 is 5.99. The van der Waals surface area contributed by atoms with Crippen LogP contribution < -0.4 is 15.6 Å². The van der Waals surface area contributed by atoms with Crippen molar-refractivity contribution in [3.05, 3.63) is 93.4 Å². The lowest BCUT2D eigenvalue weighted by molar-refractivity contribution is 0.102. The smallest absolute Gasteiger partial charge is 0.257 e. The third kappa shape index (κ3) is 4.32. The van der Waals surface area contributed by atoms with Crippen LogP contribution in [0.15, 0.2) is 71.7 Å². The minimum absolute atomic E-state index is 0.192. The van der Waals surface area contributed by atoms with Crippen LogP contribution in [0.3, 0.4) is 0 Å². The number of ether oxygens (including phenoxy) is 1. The third-order valence-corrected chi connectivity index (χ3v) is 4.05. The van der Waals surface area contributed by atoms with Crippen LogP contribution in [0, 0.1) is 0 Å². The average Bonchev–Trinajstić information content (AvgIpc) is 2.63. The molecule has 3 rings (SSSR count). The standard InChI is InChI=1S/C20H17ClN2O3/c1-26-18-7-3-6-17(11-18)22-20(25)15-8-9-19(24)23(13-15)12-14-4-2-5-16(21)10-14/h2-11,13H,12H2,1H3,(H,22,25). The molecule has 0 radical (unpaired) electrons. The first-order chi connectivity index (χ1) is 12.5. The van der Waals surface area contributed by atoms with Gasteiger partial charge in [-0.2, -0.15) is 0 Å². The zero-order valence-electron chi connectivity index (χ0n) is 14.1. The number of pyridine rings is 1. The van der Waals surface area contributed by atoms with E-state index in [0.29, 0.717) is 28.6 Å². The Kier molecular flexibility index (Phi) is 5.39. The van der Waals surface area contributed by atoms with Crippen LogP contribution in [0.2, 0.25) is 5.02 Å². The van der Waals surface area contributed by atoms with Gasteiger partial charge >= 0.3 is 0 Å². The van der Waals surface area contributed by atoms with Crippen molar-refractivity contribution in [2.75, 3.05) is 12.4 Å². The number of rotatable bonds is 5. The Morgan fingerprint density at radius 1 is 1.12 bits per heavy atom. The highest BCUT2D eigenvalue weighted by Gasteiger charge is 2.09. The molecule has 0 aliphatic rings. The first-order valence-electron chi connectivity index (χ1n) is 7.95. The van der Waals surface area contributed by atoms with Crippen molar-refractivity contribution in [3.8, 4) is 5.75 Å². The number of carbonyl (C=O) groups is 1. The van der Waals surface area contributed by atoms with Crippen molar-refractivity contribution in [3.63, 3.8) is 0 Å². The summed E-state index contributed by atoms with van der Waals surface area (Å²) in [6.45, 7) is 0.333. The lowest BCUT2D eigenvalue weighted by Gasteiger charge is -2.10. The van der Waals surface area contributed by atoms with Gasteiger partial charge in [-0.3, -0.25) is 9.59 Å². The monoisotopic (exact) mass is 368 g/mol. The Balaban J connectivity index is 1.82. The lowest BCUT2D eigenvalue weighted by Crippen LogP contribution is -2.22. The summed E-state index contributed by atoms with van der Waals surface area (Å²) < 4.78 is 6.62. The second-order valence-electron chi connectivity index (χ2n) is 5.70. The molecular weight excluding hydrogens is 352 g/mol. The first-order valence-corrected chi connectivity index (χ1v) is 8.33. The van der Waals surface area contributed by atoms with Gasteiger partial charge in [-0.25, -0.2) is 0 Å². The van der Waals surface area contributed by atoms with Crippen molar-refractivity contribution >= 4 is 23.2 Å². The van der Waals surface area contributed by atoms with E-state index in [1.165, 1.54) is 16.7 Å². The van der Waals surface area contributed by atoms with Gasteiger partial charge < -0.3 is 14.6 Å². The van der Waals surface area contributed by atoms with Gasteiger partial charge in [0.25, 0.3) is 11.5 Å². The van der Waals surface area contributed by atoms with Gasteiger partial charge in [0, 0.05) is 29.0 Å². The number of nitrogens with one attached hydrogen (secondary N) is 1. The molecule has 1 N–H and O–H groups in total. The van der Waals surface area contributed by atoms with E-state index in [0.717, 1.165) is 5.56 Å². The normalized spacial score (nSPS) is 10.4. The topological polar surface area (TPSA) is 60.3 Å². The van der Waals surface area contributed by atoms with Gasteiger partial charge in [0.15, 0.2) is 0 Å². The second-order valence-corrected chi connectivity index (χ2v) is 6.14. The molecule has 3 aromatic rings. The molecule has 0 aliphatic carbocycles. The molecule has 0 bridgehead atoms. The number of hydrogen-bond acceptors (Lipinski definition) is 3. The second kappa shape index (κ2) is 7.89. The summed E-state index contributed by atoms with van der Waals surface area (Å²) in [5.74, 6) is 0.340. The summed E-state index contributed by atoms with van der Waals surface area (Å²) in [5.41, 5.74) is 1.68. The largest absolute Gasteiger partial charge is 0.497 e. The van der Waals surface area contributed by atoms with Crippen molar-refractivity contribution in [1.82, 2.24) is 4.57 Å². The fourth-order valence-electron chi connectivity index (χ4n) is 2.53. The highest BCUT2D eigenvalue weighted by atomic mass is 35.5. The van der Waals surface area contributed by atoms with Gasteiger partial charge in [0.05, 0.1) is 19.2 Å². The number of aromatic nitrogens is 1. The predicted molar refractivity (Wildman–Crippen MR) is 102 cm³/mol. The van der Waals surface area contributed by atoms with E-state index in [1.54, 1.807) is 49.7 Å².